The molecule has 0 radical (unpaired) electrons. The lowest BCUT2D eigenvalue weighted by Crippen LogP contribution is -2.40. The third-order valence-corrected chi connectivity index (χ3v) is 8.25. The zero-order chi connectivity index (χ0) is 25.3. The molecule has 3 heterocycles. The van der Waals surface area contributed by atoms with Crippen molar-refractivity contribution in [1.82, 2.24) is 19.9 Å². The summed E-state index contributed by atoms with van der Waals surface area (Å²) in [6.07, 6.45) is 3.15. The van der Waals surface area contributed by atoms with Gasteiger partial charge in [0.25, 0.3) is 0 Å². The number of thiazole rings is 1. The van der Waals surface area contributed by atoms with Gasteiger partial charge in [-0.2, -0.15) is 16.7 Å². The number of fused-ring (bicyclic) bond motifs is 1. The fourth-order valence-electron chi connectivity index (χ4n) is 4.57. The van der Waals surface area contributed by atoms with E-state index in [2.05, 4.69) is 21.9 Å². The average Bonchev–Trinajstić information content (AvgIpc) is 3.34. The molecule has 1 saturated carbocycles. The van der Waals surface area contributed by atoms with Crippen LogP contribution in [0.1, 0.15) is 38.1 Å². The molecule has 35 heavy (non-hydrogen) atoms. The third kappa shape index (κ3) is 5.54. The van der Waals surface area contributed by atoms with Crippen LogP contribution in [0.5, 0.6) is 0 Å². The van der Waals surface area contributed by atoms with Crippen LogP contribution in [0.15, 0.2) is 12.3 Å². The molecular weight excluding hydrogens is 484 g/mol. The Labute approximate surface area is 213 Å². The molecule has 4 rings (SSSR count). The highest BCUT2D eigenvalue weighted by atomic mass is 32.2. The molecule has 1 aliphatic carbocycles. The van der Waals surface area contributed by atoms with Gasteiger partial charge in [0.05, 0.1) is 39.4 Å². The van der Waals surface area contributed by atoms with Crippen molar-refractivity contribution >= 4 is 45.1 Å². The summed E-state index contributed by atoms with van der Waals surface area (Å²) in [5.41, 5.74) is 2.09. The molecule has 11 heteroatoms. The Hall–Kier alpha value is -2.05. The normalized spacial score (nSPS) is 22.6. The maximum atomic E-state index is 10.8. The van der Waals surface area contributed by atoms with E-state index < -0.39 is 29.8 Å². The van der Waals surface area contributed by atoms with E-state index in [0.717, 1.165) is 50.9 Å². The van der Waals surface area contributed by atoms with Crippen LogP contribution < -0.4 is 10.6 Å². The van der Waals surface area contributed by atoms with E-state index in [1.165, 1.54) is 0 Å². The number of nitrogens with one attached hydrogen (secondary N) is 2. The standard InChI is InChI=1S/C24H34N6O3S2/c1-12-17(22-29-18-13(2)25-9-7-16(18)35-22)21(30-23(27-12)26-8-6-10-34-5)28-15-11-14(24(3,4)33)19(31)20(15)32/h7,9,14-15,19-20,31-33H,6,8,10-11H2,1-5H3,(H2,26,27,28,30)/t14-,15+,19+,20-/m0/s1. The minimum Gasteiger partial charge on any atom is -0.390 e. The number of aliphatic hydroxyl groups excluding tert-OH is 2. The van der Waals surface area contributed by atoms with Gasteiger partial charge in [-0.3, -0.25) is 4.98 Å². The minimum atomic E-state index is -1.12. The molecule has 0 aromatic carbocycles. The average molecular weight is 519 g/mol. The van der Waals surface area contributed by atoms with Gasteiger partial charge in [0, 0.05) is 18.7 Å². The quantitative estimate of drug-likeness (QED) is 0.269. The largest absolute Gasteiger partial charge is 0.390 e. The summed E-state index contributed by atoms with van der Waals surface area (Å²) >= 11 is 3.33. The molecule has 5 N–H and O–H groups in total. The van der Waals surface area contributed by atoms with E-state index in [1.807, 2.05) is 19.9 Å². The Kier molecular flexibility index (Phi) is 7.82. The topological polar surface area (TPSA) is 136 Å². The number of pyridine rings is 1. The highest BCUT2D eigenvalue weighted by Gasteiger charge is 2.48. The van der Waals surface area contributed by atoms with Crippen LogP contribution in [-0.4, -0.2) is 77.7 Å². The van der Waals surface area contributed by atoms with Crippen LogP contribution in [0.4, 0.5) is 11.8 Å². The van der Waals surface area contributed by atoms with Gasteiger partial charge in [0.15, 0.2) is 0 Å². The summed E-state index contributed by atoms with van der Waals surface area (Å²) in [7, 11) is 0. The third-order valence-electron chi connectivity index (χ3n) is 6.51. The van der Waals surface area contributed by atoms with Gasteiger partial charge in [-0.25, -0.2) is 9.97 Å². The first kappa shape index (κ1) is 26.0. The van der Waals surface area contributed by atoms with Crippen LogP contribution in [0, 0.1) is 19.8 Å². The Morgan fingerprint density at radius 1 is 1.14 bits per heavy atom. The fourth-order valence-corrected chi connectivity index (χ4v) is 6.12. The number of hydrogen-bond donors (Lipinski definition) is 5. The molecule has 0 bridgehead atoms. The van der Waals surface area contributed by atoms with Gasteiger partial charge in [0.1, 0.15) is 22.4 Å². The van der Waals surface area contributed by atoms with Crippen molar-refractivity contribution in [2.45, 2.75) is 64.4 Å². The number of aromatic nitrogens is 4. The number of aliphatic hydroxyl groups is 3. The van der Waals surface area contributed by atoms with Gasteiger partial charge < -0.3 is 26.0 Å². The van der Waals surface area contributed by atoms with Crippen LogP contribution >= 0.6 is 23.1 Å². The molecule has 1 aliphatic rings. The number of nitrogens with zero attached hydrogens (tertiary/aromatic N) is 4. The molecule has 3 aromatic heterocycles. The number of hydrogen-bond acceptors (Lipinski definition) is 11. The van der Waals surface area contributed by atoms with Crippen molar-refractivity contribution in [3.8, 4) is 10.6 Å². The second kappa shape index (κ2) is 10.5. The lowest BCUT2D eigenvalue weighted by atomic mass is 9.88. The zero-order valence-corrected chi connectivity index (χ0v) is 22.4. The summed E-state index contributed by atoms with van der Waals surface area (Å²) in [6.45, 7) is 7.92. The zero-order valence-electron chi connectivity index (χ0n) is 20.7. The maximum absolute atomic E-state index is 10.8. The van der Waals surface area contributed by atoms with Gasteiger partial charge >= 0.3 is 0 Å². The molecule has 1 fully saturated rings. The number of aryl methyl sites for hydroxylation is 2. The number of anilines is 2. The van der Waals surface area contributed by atoms with Gasteiger partial charge in [-0.15, -0.1) is 11.3 Å². The van der Waals surface area contributed by atoms with Crippen LogP contribution in [0.2, 0.25) is 0 Å². The van der Waals surface area contributed by atoms with Crippen molar-refractivity contribution in [2.24, 2.45) is 5.92 Å². The number of rotatable bonds is 9. The fraction of sp³-hybridized carbons (Fsp3) is 0.583. The second-order valence-corrected chi connectivity index (χ2v) is 11.6. The Bertz CT molecular complexity index is 1180. The number of thioether (sulfide) groups is 1. The minimum absolute atomic E-state index is 0.397. The first-order valence-electron chi connectivity index (χ1n) is 11.8. The lowest BCUT2D eigenvalue weighted by Gasteiger charge is -2.28. The molecule has 0 unspecified atom stereocenters. The molecular formula is C24H34N6O3S2. The van der Waals surface area contributed by atoms with Crippen molar-refractivity contribution in [3.05, 3.63) is 23.7 Å². The highest BCUT2D eigenvalue weighted by molar-refractivity contribution is 7.98. The van der Waals surface area contributed by atoms with E-state index in [1.54, 1.807) is 43.1 Å². The molecule has 4 atom stereocenters. The Morgan fingerprint density at radius 2 is 1.91 bits per heavy atom. The van der Waals surface area contributed by atoms with Gasteiger partial charge in [-0.05, 0) is 58.6 Å². The predicted molar refractivity (Wildman–Crippen MR) is 143 cm³/mol. The van der Waals surface area contributed by atoms with Crippen molar-refractivity contribution in [2.75, 3.05) is 29.2 Å². The van der Waals surface area contributed by atoms with Crippen LogP contribution in [-0.2, 0) is 0 Å². The lowest BCUT2D eigenvalue weighted by molar-refractivity contribution is -0.0601. The predicted octanol–water partition coefficient (Wildman–Crippen LogP) is 3.22. The molecule has 0 saturated heterocycles. The summed E-state index contributed by atoms with van der Waals surface area (Å²) < 4.78 is 1.02. The SMILES string of the molecule is CSCCCNc1nc(C)c(-c2nc3c(C)nccc3s2)c(N[C@@H]2C[C@H](C(C)(C)O)[C@@H](O)[C@H]2O)n1. The molecule has 3 aromatic rings. The maximum Gasteiger partial charge on any atom is 0.224 e. The molecule has 0 amide bonds. The van der Waals surface area contributed by atoms with Crippen molar-refractivity contribution < 1.29 is 15.3 Å². The van der Waals surface area contributed by atoms with E-state index in [4.69, 9.17) is 15.0 Å². The van der Waals surface area contributed by atoms with Crippen LogP contribution in [0.3, 0.4) is 0 Å². The van der Waals surface area contributed by atoms with Gasteiger partial charge in [0.2, 0.25) is 5.95 Å². The van der Waals surface area contributed by atoms with E-state index in [9.17, 15) is 15.3 Å². The highest BCUT2D eigenvalue weighted by Crippen LogP contribution is 2.40. The van der Waals surface area contributed by atoms with Gasteiger partial charge in [-0.1, -0.05) is 0 Å². The van der Waals surface area contributed by atoms with Crippen molar-refractivity contribution in [3.63, 3.8) is 0 Å². The van der Waals surface area contributed by atoms with Crippen molar-refractivity contribution in [1.29, 1.82) is 0 Å². The monoisotopic (exact) mass is 518 g/mol. The molecule has 190 valence electrons. The molecule has 0 aliphatic heterocycles. The summed E-state index contributed by atoms with van der Waals surface area (Å²) in [4.78, 5) is 18.7. The Morgan fingerprint density at radius 3 is 2.57 bits per heavy atom. The van der Waals surface area contributed by atoms with E-state index >= 15 is 0 Å². The second-order valence-electron chi connectivity index (χ2n) is 9.62. The summed E-state index contributed by atoms with van der Waals surface area (Å²) in [5.74, 6) is 1.61. The first-order chi connectivity index (χ1) is 16.6. The van der Waals surface area contributed by atoms with Crippen LogP contribution in [0.25, 0.3) is 20.8 Å². The summed E-state index contributed by atoms with van der Waals surface area (Å²) in [6, 6.07) is 1.45. The summed E-state index contributed by atoms with van der Waals surface area (Å²) in [5, 5.41) is 39.3. The van der Waals surface area contributed by atoms with E-state index in [0.29, 0.717) is 18.2 Å². The first-order valence-corrected chi connectivity index (χ1v) is 14.0. The molecule has 0 spiro atoms. The van der Waals surface area contributed by atoms with E-state index in [-0.39, 0.29) is 0 Å². The Balaban J connectivity index is 1.72. The smallest absolute Gasteiger partial charge is 0.224 e. The molecule has 9 nitrogen and oxygen atoms in total.